The average molecular weight is 275 g/mol. The van der Waals surface area contributed by atoms with Crippen molar-refractivity contribution >= 4 is 5.91 Å². The Morgan fingerprint density at radius 1 is 1.30 bits per heavy atom. The minimum atomic E-state index is -0.450. The molecule has 0 bridgehead atoms. The summed E-state index contributed by atoms with van der Waals surface area (Å²) in [4.78, 5) is 12.5. The van der Waals surface area contributed by atoms with E-state index in [0.29, 0.717) is 0 Å². The van der Waals surface area contributed by atoms with Gasteiger partial charge in [-0.05, 0) is 43.2 Å². The van der Waals surface area contributed by atoms with Crippen molar-refractivity contribution in [2.45, 2.75) is 51.5 Å². The van der Waals surface area contributed by atoms with Crippen LogP contribution in [0.15, 0.2) is 24.3 Å². The molecule has 1 atom stereocenters. The molecule has 1 unspecified atom stereocenters. The third kappa shape index (κ3) is 3.04. The molecule has 1 aliphatic rings. The van der Waals surface area contributed by atoms with Crippen LogP contribution in [-0.2, 0) is 17.6 Å². The minimum Gasteiger partial charge on any atom is -0.394 e. The quantitative estimate of drug-likeness (QED) is 0.867. The van der Waals surface area contributed by atoms with Crippen molar-refractivity contribution in [3.63, 3.8) is 0 Å². The van der Waals surface area contributed by atoms with Crippen molar-refractivity contribution in [2.24, 2.45) is 5.92 Å². The van der Waals surface area contributed by atoms with E-state index in [1.165, 1.54) is 11.1 Å². The maximum Gasteiger partial charge on any atom is 0.223 e. The Balaban J connectivity index is 2.05. The number of carbonyl (C=O) groups is 1. The molecule has 0 saturated carbocycles. The molecule has 3 heteroatoms. The van der Waals surface area contributed by atoms with Gasteiger partial charge in [0.25, 0.3) is 0 Å². The van der Waals surface area contributed by atoms with Crippen molar-refractivity contribution in [1.82, 2.24) is 5.32 Å². The van der Waals surface area contributed by atoms with Crippen molar-refractivity contribution in [3.05, 3.63) is 35.4 Å². The number of carbonyl (C=O) groups excluding carboxylic acids is 1. The summed E-state index contributed by atoms with van der Waals surface area (Å²) in [5, 5.41) is 12.7. The standard InChI is InChI=1S/C17H25NO2/c1-3-17(4-2,12-19)18-16(20)15-10-9-13-7-5-6-8-14(13)11-15/h5-8,15,19H,3-4,9-12H2,1-2H3,(H,18,20). The fraction of sp³-hybridized carbons (Fsp3) is 0.588. The van der Waals surface area contributed by atoms with E-state index in [0.717, 1.165) is 32.1 Å². The van der Waals surface area contributed by atoms with Crippen LogP contribution in [0.1, 0.15) is 44.2 Å². The van der Waals surface area contributed by atoms with Crippen LogP contribution in [0.4, 0.5) is 0 Å². The fourth-order valence-electron chi connectivity index (χ4n) is 2.97. The predicted molar refractivity (Wildman–Crippen MR) is 80.5 cm³/mol. The Kier molecular flexibility index (Phi) is 4.81. The average Bonchev–Trinajstić information content (AvgIpc) is 2.52. The summed E-state index contributed by atoms with van der Waals surface area (Å²) < 4.78 is 0. The van der Waals surface area contributed by atoms with E-state index < -0.39 is 5.54 Å². The van der Waals surface area contributed by atoms with Crippen molar-refractivity contribution in [3.8, 4) is 0 Å². The molecule has 20 heavy (non-hydrogen) atoms. The lowest BCUT2D eigenvalue weighted by molar-refractivity contribution is -0.128. The van der Waals surface area contributed by atoms with Gasteiger partial charge in [0.2, 0.25) is 5.91 Å². The van der Waals surface area contributed by atoms with Gasteiger partial charge >= 0.3 is 0 Å². The van der Waals surface area contributed by atoms with E-state index in [2.05, 4.69) is 23.5 Å². The lowest BCUT2D eigenvalue weighted by Gasteiger charge is -2.33. The maximum absolute atomic E-state index is 12.5. The first-order valence-electron chi connectivity index (χ1n) is 7.63. The summed E-state index contributed by atoms with van der Waals surface area (Å²) in [5.41, 5.74) is 2.21. The first kappa shape index (κ1) is 15.0. The van der Waals surface area contributed by atoms with E-state index in [1.54, 1.807) is 0 Å². The highest BCUT2D eigenvalue weighted by atomic mass is 16.3. The summed E-state index contributed by atoms with van der Waals surface area (Å²) >= 11 is 0. The molecule has 1 aromatic rings. The lowest BCUT2D eigenvalue weighted by atomic mass is 9.82. The number of rotatable bonds is 5. The Morgan fingerprint density at radius 3 is 2.55 bits per heavy atom. The molecule has 0 aromatic heterocycles. The Hall–Kier alpha value is -1.35. The van der Waals surface area contributed by atoms with Gasteiger partial charge in [-0.2, -0.15) is 0 Å². The van der Waals surface area contributed by atoms with Crippen LogP contribution in [0.3, 0.4) is 0 Å². The molecule has 110 valence electrons. The molecule has 3 nitrogen and oxygen atoms in total. The molecular weight excluding hydrogens is 250 g/mol. The van der Waals surface area contributed by atoms with Gasteiger partial charge in [-0.25, -0.2) is 0 Å². The topological polar surface area (TPSA) is 49.3 Å². The first-order chi connectivity index (χ1) is 9.64. The van der Waals surface area contributed by atoms with Gasteiger partial charge < -0.3 is 10.4 Å². The molecule has 0 aliphatic heterocycles. The van der Waals surface area contributed by atoms with Gasteiger partial charge in [0, 0.05) is 5.92 Å². The summed E-state index contributed by atoms with van der Waals surface area (Å²) in [6.07, 6.45) is 4.21. The van der Waals surface area contributed by atoms with Gasteiger partial charge in [0.15, 0.2) is 0 Å². The number of fused-ring (bicyclic) bond motifs is 1. The number of hydrogen-bond acceptors (Lipinski definition) is 2. The van der Waals surface area contributed by atoms with Gasteiger partial charge in [-0.15, -0.1) is 0 Å². The highest BCUT2D eigenvalue weighted by Gasteiger charge is 2.31. The minimum absolute atomic E-state index is 0.00898. The molecule has 2 N–H and O–H groups in total. The van der Waals surface area contributed by atoms with Crippen molar-refractivity contribution in [2.75, 3.05) is 6.61 Å². The number of aliphatic hydroxyl groups is 1. The van der Waals surface area contributed by atoms with Crippen LogP contribution >= 0.6 is 0 Å². The fourth-order valence-corrected chi connectivity index (χ4v) is 2.97. The van der Waals surface area contributed by atoms with E-state index in [9.17, 15) is 9.90 Å². The van der Waals surface area contributed by atoms with Gasteiger partial charge in [0.05, 0.1) is 12.1 Å². The second-order valence-electron chi connectivity index (χ2n) is 5.84. The van der Waals surface area contributed by atoms with E-state index in [4.69, 9.17) is 0 Å². The zero-order valence-electron chi connectivity index (χ0n) is 12.5. The second kappa shape index (κ2) is 6.40. The normalized spacial score (nSPS) is 18.4. The SMILES string of the molecule is CCC(CC)(CO)NC(=O)C1CCc2ccccc2C1. The smallest absolute Gasteiger partial charge is 0.223 e. The molecular formula is C17H25NO2. The van der Waals surface area contributed by atoms with E-state index in [1.807, 2.05) is 19.9 Å². The van der Waals surface area contributed by atoms with Crippen LogP contribution in [0.25, 0.3) is 0 Å². The van der Waals surface area contributed by atoms with Crippen LogP contribution in [0.2, 0.25) is 0 Å². The largest absolute Gasteiger partial charge is 0.394 e. The second-order valence-corrected chi connectivity index (χ2v) is 5.84. The molecule has 1 aliphatic carbocycles. The zero-order chi connectivity index (χ0) is 14.6. The first-order valence-corrected chi connectivity index (χ1v) is 7.63. The molecule has 1 amide bonds. The molecule has 2 rings (SSSR count). The van der Waals surface area contributed by atoms with Gasteiger partial charge in [-0.3, -0.25) is 4.79 Å². The van der Waals surface area contributed by atoms with Crippen LogP contribution in [-0.4, -0.2) is 23.2 Å². The molecule has 0 heterocycles. The summed E-state index contributed by atoms with van der Waals surface area (Å²) in [7, 11) is 0. The summed E-state index contributed by atoms with van der Waals surface area (Å²) in [6.45, 7) is 4.03. The zero-order valence-corrected chi connectivity index (χ0v) is 12.5. The molecule has 0 fully saturated rings. The molecule has 0 spiro atoms. The highest BCUT2D eigenvalue weighted by molar-refractivity contribution is 5.80. The monoisotopic (exact) mass is 275 g/mol. The number of hydrogen-bond donors (Lipinski definition) is 2. The number of aryl methyl sites for hydroxylation is 1. The van der Waals surface area contributed by atoms with E-state index in [-0.39, 0.29) is 18.4 Å². The van der Waals surface area contributed by atoms with Crippen LogP contribution in [0.5, 0.6) is 0 Å². The predicted octanol–water partition coefficient (Wildman–Crippen LogP) is 2.46. The van der Waals surface area contributed by atoms with Crippen molar-refractivity contribution in [1.29, 1.82) is 0 Å². The summed E-state index contributed by atoms with van der Waals surface area (Å²) in [6, 6.07) is 8.37. The Bertz CT molecular complexity index is 458. The lowest BCUT2D eigenvalue weighted by Crippen LogP contribution is -2.52. The Morgan fingerprint density at radius 2 is 1.95 bits per heavy atom. The molecule has 0 radical (unpaired) electrons. The number of nitrogens with one attached hydrogen (secondary N) is 1. The van der Waals surface area contributed by atoms with Crippen LogP contribution < -0.4 is 5.32 Å². The number of aliphatic hydroxyl groups excluding tert-OH is 1. The molecule has 0 saturated heterocycles. The maximum atomic E-state index is 12.5. The van der Waals surface area contributed by atoms with Gasteiger partial charge in [0.1, 0.15) is 0 Å². The Labute approximate surface area is 121 Å². The molecule has 1 aromatic carbocycles. The highest BCUT2D eigenvalue weighted by Crippen LogP contribution is 2.26. The van der Waals surface area contributed by atoms with Crippen LogP contribution in [0, 0.1) is 5.92 Å². The van der Waals surface area contributed by atoms with Crippen molar-refractivity contribution < 1.29 is 9.90 Å². The third-order valence-electron chi connectivity index (χ3n) is 4.76. The number of amides is 1. The van der Waals surface area contributed by atoms with Gasteiger partial charge in [-0.1, -0.05) is 38.1 Å². The van der Waals surface area contributed by atoms with E-state index >= 15 is 0 Å². The third-order valence-corrected chi connectivity index (χ3v) is 4.76. The summed E-state index contributed by atoms with van der Waals surface area (Å²) in [5.74, 6) is 0.131. The number of benzene rings is 1.